The van der Waals surface area contributed by atoms with Gasteiger partial charge in [0.15, 0.2) is 17.9 Å². The van der Waals surface area contributed by atoms with Crippen LogP contribution in [-0.2, 0) is 6.42 Å². The predicted octanol–water partition coefficient (Wildman–Crippen LogP) is 5.29. The molecule has 0 amide bonds. The van der Waals surface area contributed by atoms with Gasteiger partial charge in [0.25, 0.3) is 0 Å². The van der Waals surface area contributed by atoms with Crippen molar-refractivity contribution < 1.29 is 18.3 Å². The SMILES string of the molecule is C=CCOc1ccc(C[C@@H]2C[C@H](N)C[C@H](c3ccncc3NC)C2)c(-c2nc(C=O)ccc2F)c1F. The van der Waals surface area contributed by atoms with E-state index in [1.807, 2.05) is 13.1 Å². The maximum Gasteiger partial charge on any atom is 0.174 e. The lowest BCUT2D eigenvalue weighted by molar-refractivity contribution is 0.111. The van der Waals surface area contributed by atoms with Gasteiger partial charge in [-0.3, -0.25) is 9.78 Å². The highest BCUT2D eigenvalue weighted by Crippen LogP contribution is 2.42. The van der Waals surface area contributed by atoms with Crippen LogP contribution < -0.4 is 15.8 Å². The van der Waals surface area contributed by atoms with Crippen molar-refractivity contribution in [3.63, 3.8) is 0 Å². The normalized spacial score (nSPS) is 19.5. The molecule has 8 heteroatoms. The molecular formula is C28H30F2N4O2. The zero-order valence-corrected chi connectivity index (χ0v) is 20.2. The van der Waals surface area contributed by atoms with Crippen LogP contribution >= 0.6 is 0 Å². The Morgan fingerprint density at radius 1 is 1.19 bits per heavy atom. The predicted molar refractivity (Wildman–Crippen MR) is 136 cm³/mol. The number of aromatic nitrogens is 2. The van der Waals surface area contributed by atoms with Gasteiger partial charge in [0.05, 0.1) is 11.9 Å². The van der Waals surface area contributed by atoms with Crippen molar-refractivity contribution in [3.8, 4) is 17.0 Å². The van der Waals surface area contributed by atoms with E-state index >= 15 is 4.39 Å². The third kappa shape index (κ3) is 5.44. The van der Waals surface area contributed by atoms with Crippen LogP contribution in [0.25, 0.3) is 11.3 Å². The number of nitrogens with one attached hydrogen (secondary N) is 1. The van der Waals surface area contributed by atoms with E-state index in [1.165, 1.54) is 12.1 Å². The molecule has 188 valence electrons. The van der Waals surface area contributed by atoms with Gasteiger partial charge in [-0.15, -0.1) is 0 Å². The Balaban J connectivity index is 1.72. The molecule has 0 radical (unpaired) electrons. The van der Waals surface area contributed by atoms with Crippen LogP contribution in [-0.4, -0.2) is 36.0 Å². The molecular weight excluding hydrogens is 462 g/mol. The molecule has 1 fully saturated rings. The topological polar surface area (TPSA) is 90.1 Å². The van der Waals surface area contributed by atoms with E-state index in [0.717, 1.165) is 36.6 Å². The summed E-state index contributed by atoms with van der Waals surface area (Å²) in [7, 11) is 1.86. The average molecular weight is 493 g/mol. The molecule has 2 aromatic heterocycles. The van der Waals surface area contributed by atoms with E-state index < -0.39 is 11.6 Å². The lowest BCUT2D eigenvalue weighted by atomic mass is 9.73. The Bertz CT molecular complexity index is 1250. The van der Waals surface area contributed by atoms with Crippen LogP contribution in [0.3, 0.4) is 0 Å². The molecule has 1 aliphatic rings. The molecule has 4 rings (SSSR count). The number of nitrogens with zero attached hydrogens (tertiary/aromatic N) is 2. The lowest BCUT2D eigenvalue weighted by Gasteiger charge is -2.34. The fraction of sp³-hybridized carbons (Fsp3) is 0.321. The zero-order valence-electron chi connectivity index (χ0n) is 20.2. The van der Waals surface area contributed by atoms with E-state index in [2.05, 4.69) is 21.9 Å². The van der Waals surface area contributed by atoms with E-state index in [0.29, 0.717) is 18.3 Å². The van der Waals surface area contributed by atoms with Gasteiger partial charge in [0, 0.05) is 24.8 Å². The number of aldehydes is 1. The number of hydrogen-bond donors (Lipinski definition) is 2. The van der Waals surface area contributed by atoms with Crippen LogP contribution in [0.15, 0.2) is 55.4 Å². The maximum atomic E-state index is 15.7. The second-order valence-electron chi connectivity index (χ2n) is 9.14. The highest BCUT2D eigenvalue weighted by atomic mass is 19.1. The fourth-order valence-corrected chi connectivity index (χ4v) is 5.17. The number of halogens is 2. The molecule has 1 saturated carbocycles. The second kappa shape index (κ2) is 11.4. The quantitative estimate of drug-likeness (QED) is 0.311. The number of nitrogens with two attached hydrogens (primary N) is 1. The van der Waals surface area contributed by atoms with Gasteiger partial charge in [-0.2, -0.15) is 0 Å². The van der Waals surface area contributed by atoms with Gasteiger partial charge in [-0.25, -0.2) is 13.8 Å². The van der Waals surface area contributed by atoms with Gasteiger partial charge in [-0.1, -0.05) is 18.7 Å². The minimum absolute atomic E-state index is 0.00767. The van der Waals surface area contributed by atoms with Gasteiger partial charge < -0.3 is 15.8 Å². The fourth-order valence-electron chi connectivity index (χ4n) is 5.17. The number of benzene rings is 1. The minimum atomic E-state index is -0.716. The number of rotatable bonds is 9. The summed E-state index contributed by atoms with van der Waals surface area (Å²) in [5.41, 5.74) is 8.99. The van der Waals surface area contributed by atoms with Crippen LogP contribution in [0.1, 0.15) is 46.8 Å². The molecule has 0 saturated heterocycles. The number of anilines is 1. The van der Waals surface area contributed by atoms with Crippen molar-refractivity contribution in [3.05, 3.63) is 83.8 Å². The number of ether oxygens (including phenoxy) is 1. The standard InChI is InChI=1S/C28H30F2N4O2/c1-3-10-36-25-7-4-18(26(27(25)30)28-23(29)6-5-21(16-35)34-28)11-17-12-19(14-20(31)13-17)22-8-9-33-15-24(22)32-2/h3-9,15-17,19-20,32H,1,10-14,31H2,2H3/t17-,19+,20-/m0/s1. The van der Waals surface area contributed by atoms with E-state index in [1.54, 1.807) is 24.5 Å². The molecule has 0 aliphatic heterocycles. The molecule has 2 heterocycles. The van der Waals surface area contributed by atoms with Crippen LogP contribution in [0.5, 0.6) is 5.75 Å². The van der Waals surface area contributed by atoms with Gasteiger partial charge in [0.1, 0.15) is 23.8 Å². The summed E-state index contributed by atoms with van der Waals surface area (Å²) in [5, 5.41) is 3.20. The van der Waals surface area contributed by atoms with Crippen LogP contribution in [0.4, 0.5) is 14.5 Å². The Morgan fingerprint density at radius 3 is 2.78 bits per heavy atom. The third-order valence-corrected chi connectivity index (χ3v) is 6.69. The summed E-state index contributed by atoms with van der Waals surface area (Å²) in [6.07, 6.45) is 8.50. The van der Waals surface area contributed by atoms with Crippen LogP contribution in [0.2, 0.25) is 0 Å². The molecule has 3 atom stereocenters. The summed E-state index contributed by atoms with van der Waals surface area (Å²) in [6.45, 7) is 3.69. The zero-order chi connectivity index (χ0) is 25.7. The number of hydrogen-bond acceptors (Lipinski definition) is 6. The largest absolute Gasteiger partial charge is 0.486 e. The van der Waals surface area contributed by atoms with Crippen molar-refractivity contribution in [2.45, 2.75) is 37.6 Å². The summed E-state index contributed by atoms with van der Waals surface area (Å²) in [4.78, 5) is 19.6. The molecule has 6 nitrogen and oxygen atoms in total. The van der Waals surface area contributed by atoms with Crippen LogP contribution in [0, 0.1) is 17.6 Å². The van der Waals surface area contributed by atoms with Crippen molar-refractivity contribution in [1.29, 1.82) is 0 Å². The van der Waals surface area contributed by atoms with Crippen molar-refractivity contribution in [2.24, 2.45) is 11.7 Å². The summed E-state index contributed by atoms with van der Waals surface area (Å²) in [5.74, 6) is -1.12. The first-order valence-electron chi connectivity index (χ1n) is 12.0. The Labute approximate surface area is 209 Å². The first kappa shape index (κ1) is 25.4. The molecule has 0 unspecified atom stereocenters. The van der Waals surface area contributed by atoms with E-state index in [4.69, 9.17) is 10.5 Å². The van der Waals surface area contributed by atoms with Crippen molar-refractivity contribution in [2.75, 3.05) is 19.0 Å². The Hall–Kier alpha value is -3.65. The number of pyridine rings is 2. The highest BCUT2D eigenvalue weighted by Gasteiger charge is 2.31. The average Bonchev–Trinajstić information content (AvgIpc) is 2.88. The molecule has 36 heavy (non-hydrogen) atoms. The first-order valence-corrected chi connectivity index (χ1v) is 12.0. The second-order valence-corrected chi connectivity index (χ2v) is 9.14. The molecule has 3 N–H and O–H groups in total. The molecule has 1 aliphatic carbocycles. The lowest BCUT2D eigenvalue weighted by Crippen LogP contribution is -2.33. The molecule has 0 spiro atoms. The number of carbonyl (C=O) groups is 1. The summed E-state index contributed by atoms with van der Waals surface area (Å²) < 4.78 is 36.1. The Kier molecular flexibility index (Phi) is 8.05. The summed E-state index contributed by atoms with van der Waals surface area (Å²) in [6, 6.07) is 7.66. The highest BCUT2D eigenvalue weighted by molar-refractivity contribution is 5.75. The smallest absolute Gasteiger partial charge is 0.174 e. The molecule has 0 bridgehead atoms. The first-order chi connectivity index (χ1) is 17.4. The van der Waals surface area contributed by atoms with E-state index in [-0.39, 0.29) is 47.2 Å². The summed E-state index contributed by atoms with van der Waals surface area (Å²) >= 11 is 0. The van der Waals surface area contributed by atoms with Crippen molar-refractivity contribution >= 4 is 12.0 Å². The molecule has 1 aromatic carbocycles. The van der Waals surface area contributed by atoms with Gasteiger partial charge in [-0.05, 0) is 72.9 Å². The maximum absolute atomic E-state index is 15.7. The third-order valence-electron chi connectivity index (χ3n) is 6.69. The Morgan fingerprint density at radius 2 is 2.03 bits per heavy atom. The van der Waals surface area contributed by atoms with Gasteiger partial charge in [0.2, 0.25) is 0 Å². The van der Waals surface area contributed by atoms with Gasteiger partial charge >= 0.3 is 0 Å². The minimum Gasteiger partial charge on any atom is -0.486 e. The monoisotopic (exact) mass is 492 g/mol. The number of carbonyl (C=O) groups excluding carboxylic acids is 1. The van der Waals surface area contributed by atoms with Crippen molar-refractivity contribution in [1.82, 2.24) is 9.97 Å². The molecule has 3 aromatic rings. The van der Waals surface area contributed by atoms with E-state index in [9.17, 15) is 9.18 Å².